The lowest BCUT2D eigenvalue weighted by atomic mass is 9.82. The van der Waals surface area contributed by atoms with Crippen molar-refractivity contribution in [1.82, 2.24) is 4.90 Å². The molecule has 5 nitrogen and oxygen atoms in total. The van der Waals surface area contributed by atoms with Crippen molar-refractivity contribution in [2.45, 2.75) is 18.9 Å². The van der Waals surface area contributed by atoms with Crippen LogP contribution in [-0.2, 0) is 12.8 Å². The third kappa shape index (κ3) is 3.50. The zero-order valence-electron chi connectivity index (χ0n) is 19.0. The van der Waals surface area contributed by atoms with E-state index in [0.717, 1.165) is 40.5 Å². The molecule has 0 N–H and O–H groups in total. The van der Waals surface area contributed by atoms with Crippen molar-refractivity contribution in [1.29, 1.82) is 0 Å². The molecule has 0 aliphatic carbocycles. The lowest BCUT2D eigenvalue weighted by molar-refractivity contribution is 0.174. The fraction of sp³-hybridized carbons (Fsp3) is 0.259. The van der Waals surface area contributed by atoms with Crippen molar-refractivity contribution >= 4 is 28.8 Å². The quantitative estimate of drug-likeness (QED) is 0.516. The number of ether oxygens (including phenoxy) is 4. The summed E-state index contributed by atoms with van der Waals surface area (Å²) in [4.78, 5) is 2.32. The van der Waals surface area contributed by atoms with Crippen LogP contribution in [0.25, 0.3) is 11.8 Å². The van der Waals surface area contributed by atoms with Gasteiger partial charge in [-0.1, -0.05) is 24.3 Å². The number of methoxy groups -OCH3 is 2. The number of nitrogens with zero attached hydrogens (tertiary/aromatic N) is 1. The molecule has 1 unspecified atom stereocenters. The number of hydrogen-bond acceptors (Lipinski definition) is 5. The van der Waals surface area contributed by atoms with Crippen molar-refractivity contribution < 1.29 is 23.3 Å². The SMILES string of the molecule is Br.COc1ccc2c(c1OC)=CN1CCc3cc4c(cc3C1C=2Cc1ccccc1F)OCO4. The summed E-state index contributed by atoms with van der Waals surface area (Å²) in [6, 6.07) is 15.1. The first kappa shape index (κ1) is 22.6. The van der Waals surface area contributed by atoms with E-state index in [1.165, 1.54) is 17.2 Å². The van der Waals surface area contributed by atoms with Gasteiger partial charge in [-0.3, -0.25) is 0 Å². The molecule has 0 radical (unpaired) electrons. The molecule has 7 heteroatoms. The van der Waals surface area contributed by atoms with Gasteiger partial charge in [0.2, 0.25) is 6.79 Å². The lowest BCUT2D eigenvalue weighted by Crippen LogP contribution is -2.44. The summed E-state index contributed by atoms with van der Waals surface area (Å²) in [5, 5.41) is 2.01. The molecule has 0 bridgehead atoms. The summed E-state index contributed by atoms with van der Waals surface area (Å²) in [6.45, 7) is 1.07. The standard InChI is InChI=1S/C27H24FNO4.BrH/c1-30-23-8-7-18-20(11-17-5-3-4-6-22(17)28)26-19-13-25-24(32-15-33-25)12-16(19)9-10-29(26)14-21(18)27(23)31-2;/h3-8,12-14,26H,9-11,15H2,1-2H3;1H. The van der Waals surface area contributed by atoms with E-state index >= 15 is 0 Å². The second-order valence-electron chi connectivity index (χ2n) is 8.48. The molecule has 6 rings (SSSR count). The normalized spacial score (nSPS) is 17.1. The van der Waals surface area contributed by atoms with E-state index in [1.807, 2.05) is 18.2 Å². The van der Waals surface area contributed by atoms with Crippen LogP contribution in [0.3, 0.4) is 0 Å². The zero-order valence-corrected chi connectivity index (χ0v) is 20.7. The van der Waals surface area contributed by atoms with Gasteiger partial charge < -0.3 is 23.8 Å². The maximum absolute atomic E-state index is 14.8. The molecule has 176 valence electrons. The Morgan fingerprint density at radius 1 is 1.03 bits per heavy atom. The topological polar surface area (TPSA) is 40.2 Å². The predicted molar refractivity (Wildman–Crippen MR) is 133 cm³/mol. The second kappa shape index (κ2) is 8.87. The Morgan fingerprint density at radius 2 is 1.82 bits per heavy atom. The molecule has 3 aromatic rings. The average Bonchev–Trinajstić information content (AvgIpc) is 3.30. The van der Waals surface area contributed by atoms with E-state index in [9.17, 15) is 4.39 Å². The van der Waals surface area contributed by atoms with Crippen molar-refractivity contribution in [3.63, 3.8) is 0 Å². The zero-order chi connectivity index (χ0) is 22.5. The van der Waals surface area contributed by atoms with Crippen LogP contribution < -0.4 is 29.4 Å². The van der Waals surface area contributed by atoms with Crippen LogP contribution in [0.2, 0.25) is 0 Å². The van der Waals surface area contributed by atoms with Crippen LogP contribution in [0, 0.1) is 5.82 Å². The number of rotatable bonds is 4. The van der Waals surface area contributed by atoms with Crippen molar-refractivity contribution in [2.24, 2.45) is 0 Å². The average molecular weight is 526 g/mol. The molecule has 1 atom stereocenters. The third-order valence-electron chi connectivity index (χ3n) is 6.79. The highest BCUT2D eigenvalue weighted by Gasteiger charge is 2.34. The number of benzene rings is 3. The molecule has 0 amide bonds. The van der Waals surface area contributed by atoms with E-state index in [1.54, 1.807) is 20.3 Å². The first-order valence-electron chi connectivity index (χ1n) is 11.1. The summed E-state index contributed by atoms with van der Waals surface area (Å²) >= 11 is 0. The molecule has 34 heavy (non-hydrogen) atoms. The van der Waals surface area contributed by atoms with E-state index in [0.29, 0.717) is 23.5 Å². The fourth-order valence-electron chi connectivity index (χ4n) is 5.27. The first-order valence-corrected chi connectivity index (χ1v) is 11.1. The summed E-state index contributed by atoms with van der Waals surface area (Å²) in [6.07, 6.45) is 3.52. The number of hydrogen-bond donors (Lipinski definition) is 0. The van der Waals surface area contributed by atoms with E-state index in [4.69, 9.17) is 18.9 Å². The maximum atomic E-state index is 14.8. The number of fused-ring (bicyclic) bond motifs is 5. The van der Waals surface area contributed by atoms with Crippen LogP contribution in [0.15, 0.2) is 48.5 Å². The van der Waals surface area contributed by atoms with Crippen molar-refractivity contribution in [3.05, 3.63) is 81.5 Å². The highest BCUT2D eigenvalue weighted by molar-refractivity contribution is 8.93. The minimum Gasteiger partial charge on any atom is -0.493 e. The van der Waals surface area contributed by atoms with Crippen LogP contribution >= 0.6 is 17.0 Å². The van der Waals surface area contributed by atoms with Crippen molar-refractivity contribution in [3.8, 4) is 23.0 Å². The highest BCUT2D eigenvalue weighted by Crippen LogP contribution is 2.44. The summed E-state index contributed by atoms with van der Waals surface area (Å²) in [5.74, 6) is 2.73. The van der Waals surface area contributed by atoms with Crippen LogP contribution in [-0.4, -0.2) is 32.5 Å². The summed E-state index contributed by atoms with van der Waals surface area (Å²) in [7, 11) is 3.29. The van der Waals surface area contributed by atoms with Gasteiger partial charge in [0.05, 0.1) is 20.3 Å². The van der Waals surface area contributed by atoms with Gasteiger partial charge in [0.25, 0.3) is 0 Å². The van der Waals surface area contributed by atoms with Gasteiger partial charge in [-0.15, -0.1) is 17.0 Å². The van der Waals surface area contributed by atoms with Gasteiger partial charge >= 0.3 is 0 Å². The van der Waals surface area contributed by atoms with E-state index < -0.39 is 0 Å². The van der Waals surface area contributed by atoms with Crippen LogP contribution in [0.5, 0.6) is 23.0 Å². The Morgan fingerprint density at radius 3 is 2.59 bits per heavy atom. The predicted octanol–water partition coefficient (Wildman–Crippen LogP) is 3.89. The van der Waals surface area contributed by atoms with Crippen LogP contribution in [0.4, 0.5) is 4.39 Å². The first-order chi connectivity index (χ1) is 16.2. The van der Waals surface area contributed by atoms with E-state index in [-0.39, 0.29) is 35.6 Å². The Bertz CT molecular complexity index is 1390. The second-order valence-corrected chi connectivity index (χ2v) is 8.48. The molecule has 0 saturated carbocycles. The molecule has 3 aromatic carbocycles. The molecule has 0 saturated heterocycles. The molecule has 0 aromatic heterocycles. The molecule has 0 spiro atoms. The fourth-order valence-corrected chi connectivity index (χ4v) is 5.27. The summed E-state index contributed by atoms with van der Waals surface area (Å²) < 4.78 is 37.4. The molecular formula is C27H25BrFNO4. The molecular weight excluding hydrogens is 501 g/mol. The van der Waals surface area contributed by atoms with Gasteiger partial charge in [-0.2, -0.15) is 0 Å². The molecule has 3 aliphatic rings. The Kier molecular flexibility index (Phi) is 5.90. The maximum Gasteiger partial charge on any atom is 0.231 e. The van der Waals surface area contributed by atoms with E-state index in [2.05, 4.69) is 29.3 Å². The molecule has 3 heterocycles. The summed E-state index contributed by atoms with van der Waals surface area (Å²) in [5.41, 5.74) is 4.21. The number of halogens is 2. The minimum absolute atomic E-state index is 0. The van der Waals surface area contributed by atoms with Gasteiger partial charge in [-0.05, 0) is 64.6 Å². The van der Waals surface area contributed by atoms with Crippen molar-refractivity contribution in [2.75, 3.05) is 27.6 Å². The van der Waals surface area contributed by atoms with Gasteiger partial charge in [0.1, 0.15) is 5.82 Å². The van der Waals surface area contributed by atoms with Gasteiger partial charge in [0.15, 0.2) is 23.0 Å². The lowest BCUT2D eigenvalue weighted by Gasteiger charge is -2.40. The third-order valence-corrected chi connectivity index (χ3v) is 6.79. The largest absolute Gasteiger partial charge is 0.493 e. The van der Waals surface area contributed by atoms with Gasteiger partial charge in [0, 0.05) is 18.0 Å². The Labute approximate surface area is 207 Å². The Hall–Kier alpha value is -3.19. The minimum atomic E-state index is -0.199. The van der Waals surface area contributed by atoms with Gasteiger partial charge in [-0.25, -0.2) is 4.39 Å². The Balaban J connectivity index is 0.00000241. The molecule has 3 aliphatic heterocycles. The highest BCUT2D eigenvalue weighted by atomic mass is 79.9. The van der Waals surface area contributed by atoms with Crippen LogP contribution in [0.1, 0.15) is 22.7 Å². The monoisotopic (exact) mass is 525 g/mol. The molecule has 0 fully saturated rings. The smallest absolute Gasteiger partial charge is 0.231 e.